The number of rotatable bonds is 5. The molecule has 0 aliphatic rings. The molecule has 22 heavy (non-hydrogen) atoms. The van der Waals surface area contributed by atoms with Crippen LogP contribution >= 0.6 is 0 Å². The number of anilines is 1. The lowest BCUT2D eigenvalue weighted by molar-refractivity contribution is -0.116. The van der Waals surface area contributed by atoms with Crippen LogP contribution < -0.4 is 5.32 Å². The summed E-state index contributed by atoms with van der Waals surface area (Å²) in [5, 5.41) is 2.82. The molecule has 1 amide bonds. The molecule has 0 atom stereocenters. The van der Waals surface area contributed by atoms with Crippen LogP contribution in [0.5, 0.6) is 0 Å². The Kier molecular flexibility index (Phi) is 5.10. The van der Waals surface area contributed by atoms with E-state index in [2.05, 4.69) is 5.32 Å². The predicted molar refractivity (Wildman–Crippen MR) is 89.3 cm³/mol. The predicted octanol–water partition coefficient (Wildman–Crippen LogP) is 4.21. The lowest BCUT2D eigenvalue weighted by atomic mass is 10.0. The number of ketones is 1. The van der Waals surface area contributed by atoms with Crippen molar-refractivity contribution in [3.63, 3.8) is 0 Å². The van der Waals surface area contributed by atoms with Crippen molar-refractivity contribution < 1.29 is 9.59 Å². The highest BCUT2D eigenvalue weighted by Gasteiger charge is 2.10. The van der Waals surface area contributed by atoms with Crippen molar-refractivity contribution in [2.75, 3.05) is 5.32 Å². The Hall–Kier alpha value is -2.42. The second kappa shape index (κ2) is 7.03. The van der Waals surface area contributed by atoms with Gasteiger partial charge in [0, 0.05) is 24.1 Å². The quantitative estimate of drug-likeness (QED) is 0.840. The monoisotopic (exact) mass is 295 g/mol. The molecule has 2 aromatic carbocycles. The van der Waals surface area contributed by atoms with Crippen molar-refractivity contribution in [1.29, 1.82) is 0 Å². The average Bonchev–Trinajstić information content (AvgIpc) is 2.47. The zero-order valence-electron chi connectivity index (χ0n) is 13.3. The van der Waals surface area contributed by atoms with Crippen LogP contribution in [-0.4, -0.2) is 11.7 Å². The van der Waals surface area contributed by atoms with Gasteiger partial charge >= 0.3 is 0 Å². The lowest BCUT2D eigenvalue weighted by Crippen LogP contribution is -2.13. The number of benzene rings is 2. The molecular formula is C19H21NO2. The molecule has 1 N–H and O–H groups in total. The smallest absolute Gasteiger partial charge is 0.224 e. The fraction of sp³-hybridized carbons (Fsp3) is 0.263. The number of amides is 1. The first-order valence-electron chi connectivity index (χ1n) is 7.42. The molecule has 0 unspecified atom stereocenters. The Bertz CT molecular complexity index is 704. The first kappa shape index (κ1) is 16.0. The minimum atomic E-state index is -0.136. The van der Waals surface area contributed by atoms with Crippen LogP contribution in [-0.2, 0) is 4.79 Å². The Morgan fingerprint density at radius 3 is 2.36 bits per heavy atom. The second-order valence-electron chi connectivity index (χ2n) is 5.64. The molecule has 0 saturated carbocycles. The van der Waals surface area contributed by atoms with E-state index in [1.807, 2.05) is 63.2 Å². The minimum absolute atomic E-state index is 0.00231. The molecule has 0 radical (unpaired) electrons. The normalized spacial score (nSPS) is 10.3. The van der Waals surface area contributed by atoms with Gasteiger partial charge in [-0.25, -0.2) is 0 Å². The van der Waals surface area contributed by atoms with Crippen LogP contribution in [0.15, 0.2) is 42.5 Å². The number of hydrogen-bond donors (Lipinski definition) is 1. The summed E-state index contributed by atoms with van der Waals surface area (Å²) in [5.41, 5.74) is 4.78. The van der Waals surface area contributed by atoms with Crippen molar-refractivity contribution in [1.82, 2.24) is 0 Å². The van der Waals surface area contributed by atoms with E-state index >= 15 is 0 Å². The van der Waals surface area contributed by atoms with Gasteiger partial charge < -0.3 is 5.32 Å². The molecule has 114 valence electrons. The Morgan fingerprint density at radius 2 is 1.68 bits per heavy atom. The lowest BCUT2D eigenvalue weighted by Gasteiger charge is -2.07. The van der Waals surface area contributed by atoms with Gasteiger partial charge in [0.25, 0.3) is 0 Å². The summed E-state index contributed by atoms with van der Waals surface area (Å²) in [5.74, 6) is -0.134. The van der Waals surface area contributed by atoms with Gasteiger partial charge in [0.2, 0.25) is 5.91 Å². The third kappa shape index (κ3) is 4.29. The maximum atomic E-state index is 12.1. The molecular weight excluding hydrogens is 274 g/mol. The summed E-state index contributed by atoms with van der Waals surface area (Å²) in [4.78, 5) is 24.1. The number of carbonyl (C=O) groups excluding carboxylic acids is 2. The van der Waals surface area contributed by atoms with Gasteiger partial charge in [0.1, 0.15) is 0 Å². The number of nitrogens with one attached hydrogen (secondary N) is 1. The third-order valence-electron chi connectivity index (χ3n) is 3.71. The van der Waals surface area contributed by atoms with Crippen LogP contribution in [0.4, 0.5) is 5.69 Å². The molecule has 0 fully saturated rings. The van der Waals surface area contributed by atoms with E-state index in [0.29, 0.717) is 5.56 Å². The molecule has 2 aromatic rings. The first-order valence-corrected chi connectivity index (χ1v) is 7.42. The van der Waals surface area contributed by atoms with E-state index < -0.39 is 0 Å². The Morgan fingerprint density at radius 1 is 0.909 bits per heavy atom. The maximum absolute atomic E-state index is 12.1. The van der Waals surface area contributed by atoms with Crippen LogP contribution in [0.2, 0.25) is 0 Å². The molecule has 0 aliphatic heterocycles. The van der Waals surface area contributed by atoms with E-state index in [-0.39, 0.29) is 24.5 Å². The number of Topliss-reactive ketones (excluding diaryl/α,β-unsaturated/α-hetero) is 1. The largest absolute Gasteiger partial charge is 0.326 e. The van der Waals surface area contributed by atoms with Crippen molar-refractivity contribution in [3.8, 4) is 0 Å². The second-order valence-corrected chi connectivity index (χ2v) is 5.64. The fourth-order valence-corrected chi connectivity index (χ4v) is 2.23. The summed E-state index contributed by atoms with van der Waals surface area (Å²) < 4.78 is 0. The van der Waals surface area contributed by atoms with Gasteiger partial charge in [-0.3, -0.25) is 9.59 Å². The minimum Gasteiger partial charge on any atom is -0.326 e. The maximum Gasteiger partial charge on any atom is 0.224 e. The molecule has 0 heterocycles. The highest BCUT2D eigenvalue weighted by molar-refractivity contribution is 6.00. The molecule has 3 nitrogen and oxygen atoms in total. The molecule has 3 heteroatoms. The van der Waals surface area contributed by atoms with Crippen molar-refractivity contribution >= 4 is 17.4 Å². The Labute approximate surface area is 131 Å². The topological polar surface area (TPSA) is 46.2 Å². The van der Waals surface area contributed by atoms with E-state index in [0.717, 1.165) is 22.4 Å². The van der Waals surface area contributed by atoms with Crippen molar-refractivity contribution in [2.45, 2.75) is 33.6 Å². The van der Waals surface area contributed by atoms with Gasteiger partial charge in [-0.05, 0) is 55.7 Å². The molecule has 0 aliphatic carbocycles. The fourth-order valence-electron chi connectivity index (χ4n) is 2.23. The summed E-state index contributed by atoms with van der Waals surface area (Å²) in [7, 11) is 0. The highest BCUT2D eigenvalue weighted by atomic mass is 16.2. The van der Waals surface area contributed by atoms with E-state index in [1.54, 1.807) is 0 Å². The van der Waals surface area contributed by atoms with Gasteiger partial charge in [0.05, 0.1) is 0 Å². The zero-order chi connectivity index (χ0) is 16.1. The third-order valence-corrected chi connectivity index (χ3v) is 3.71. The zero-order valence-corrected chi connectivity index (χ0v) is 13.3. The van der Waals surface area contributed by atoms with Crippen LogP contribution in [0.1, 0.15) is 39.9 Å². The summed E-state index contributed by atoms with van der Waals surface area (Å²) in [6.07, 6.45) is 0.417. The SMILES string of the molecule is Cc1cccc(NC(=O)CCC(=O)c2ccc(C)c(C)c2)c1. The first-order chi connectivity index (χ1) is 10.5. The standard InChI is InChI=1S/C19H21NO2/c1-13-5-4-6-17(11-13)20-19(22)10-9-18(21)16-8-7-14(2)15(3)12-16/h4-8,11-12H,9-10H2,1-3H3,(H,20,22). The van der Waals surface area contributed by atoms with E-state index in [1.165, 1.54) is 0 Å². The molecule has 2 rings (SSSR count). The number of carbonyl (C=O) groups is 2. The summed E-state index contributed by atoms with van der Waals surface area (Å²) >= 11 is 0. The number of aryl methyl sites for hydroxylation is 3. The summed E-state index contributed by atoms with van der Waals surface area (Å²) in [6.45, 7) is 5.97. The molecule has 0 aromatic heterocycles. The van der Waals surface area contributed by atoms with Crippen LogP contribution in [0.3, 0.4) is 0 Å². The van der Waals surface area contributed by atoms with E-state index in [9.17, 15) is 9.59 Å². The van der Waals surface area contributed by atoms with Gasteiger partial charge in [-0.1, -0.05) is 24.3 Å². The van der Waals surface area contributed by atoms with Gasteiger partial charge in [-0.15, -0.1) is 0 Å². The molecule has 0 spiro atoms. The molecule has 0 saturated heterocycles. The molecule has 0 bridgehead atoms. The Balaban J connectivity index is 1.90. The van der Waals surface area contributed by atoms with Crippen LogP contribution in [0.25, 0.3) is 0 Å². The van der Waals surface area contributed by atoms with Crippen LogP contribution in [0, 0.1) is 20.8 Å². The summed E-state index contributed by atoms with van der Waals surface area (Å²) in [6, 6.07) is 13.3. The number of hydrogen-bond acceptors (Lipinski definition) is 2. The van der Waals surface area contributed by atoms with Gasteiger partial charge in [0.15, 0.2) is 5.78 Å². The van der Waals surface area contributed by atoms with Gasteiger partial charge in [-0.2, -0.15) is 0 Å². The highest BCUT2D eigenvalue weighted by Crippen LogP contribution is 2.14. The average molecular weight is 295 g/mol. The van der Waals surface area contributed by atoms with Crippen molar-refractivity contribution in [2.24, 2.45) is 0 Å². The van der Waals surface area contributed by atoms with Crippen molar-refractivity contribution in [3.05, 3.63) is 64.7 Å². The van der Waals surface area contributed by atoms with E-state index in [4.69, 9.17) is 0 Å².